The molecule has 2 N–H and O–H groups in total. The minimum Gasteiger partial charge on any atom is -0.329 e. The summed E-state index contributed by atoms with van der Waals surface area (Å²) in [5.74, 6) is 0. The van der Waals surface area contributed by atoms with Crippen molar-refractivity contribution in [1.29, 1.82) is 0 Å². The smallest absolute Gasteiger partial charge is 0.329 e. The Morgan fingerprint density at radius 2 is 1.64 bits per heavy atom. The van der Waals surface area contributed by atoms with Gasteiger partial charge >= 0.3 is 6.18 Å². The number of nitrogens with zero attached hydrogens (tertiary/aromatic N) is 1. The van der Waals surface area contributed by atoms with Gasteiger partial charge in [0.25, 0.3) is 0 Å². The van der Waals surface area contributed by atoms with Crippen molar-refractivity contribution in [3.8, 4) is 0 Å². The summed E-state index contributed by atoms with van der Waals surface area (Å²) < 4.78 is 36.3. The number of rotatable bonds is 3. The maximum absolute atomic E-state index is 12.1. The van der Waals surface area contributed by atoms with E-state index in [2.05, 4.69) is 0 Å². The van der Waals surface area contributed by atoms with Gasteiger partial charge in [-0.25, -0.2) is 0 Å². The zero-order valence-corrected chi connectivity index (χ0v) is 9.15. The summed E-state index contributed by atoms with van der Waals surface area (Å²) in [7, 11) is 1.45. The molecule has 0 aromatic rings. The first-order valence-corrected chi connectivity index (χ1v) is 4.55. The van der Waals surface area contributed by atoms with E-state index in [1.54, 1.807) is 0 Å². The molecule has 5 heteroatoms. The van der Waals surface area contributed by atoms with Gasteiger partial charge in [-0.2, -0.15) is 13.2 Å². The van der Waals surface area contributed by atoms with Crippen molar-refractivity contribution < 1.29 is 13.2 Å². The summed E-state index contributed by atoms with van der Waals surface area (Å²) in [6.45, 7) is 4.98. The lowest BCUT2D eigenvalue weighted by atomic mass is 9.86. The van der Waals surface area contributed by atoms with Gasteiger partial charge in [0.2, 0.25) is 0 Å². The van der Waals surface area contributed by atoms with Gasteiger partial charge in [0, 0.05) is 12.6 Å². The Labute approximate surface area is 83.3 Å². The average molecular weight is 212 g/mol. The molecule has 0 amide bonds. The summed E-state index contributed by atoms with van der Waals surface area (Å²) >= 11 is 0. The van der Waals surface area contributed by atoms with Crippen LogP contribution in [-0.4, -0.2) is 37.3 Å². The SMILES string of the molecule is CN(CC(F)(F)F)C(CN)C(C)(C)C. The summed E-state index contributed by atoms with van der Waals surface area (Å²) in [5.41, 5.74) is 5.23. The molecule has 0 saturated heterocycles. The van der Waals surface area contributed by atoms with Crippen molar-refractivity contribution in [1.82, 2.24) is 4.90 Å². The fourth-order valence-corrected chi connectivity index (χ4v) is 1.59. The molecule has 1 atom stereocenters. The van der Waals surface area contributed by atoms with Crippen LogP contribution in [0.15, 0.2) is 0 Å². The Balaban J connectivity index is 4.41. The van der Waals surface area contributed by atoms with Crippen molar-refractivity contribution in [2.75, 3.05) is 20.1 Å². The summed E-state index contributed by atoms with van der Waals surface area (Å²) in [5, 5.41) is 0. The van der Waals surface area contributed by atoms with Crippen LogP contribution in [0.3, 0.4) is 0 Å². The van der Waals surface area contributed by atoms with E-state index in [1.807, 2.05) is 20.8 Å². The molecule has 0 fully saturated rings. The van der Waals surface area contributed by atoms with Crippen LogP contribution >= 0.6 is 0 Å². The zero-order chi connectivity index (χ0) is 11.6. The van der Waals surface area contributed by atoms with Crippen molar-refractivity contribution in [2.24, 2.45) is 11.1 Å². The molecule has 0 saturated carbocycles. The van der Waals surface area contributed by atoms with Crippen molar-refractivity contribution in [3.63, 3.8) is 0 Å². The number of halogens is 3. The average Bonchev–Trinajstić information content (AvgIpc) is 1.79. The first kappa shape index (κ1) is 13.7. The molecule has 0 aliphatic heterocycles. The second-order valence-electron chi connectivity index (χ2n) is 4.65. The van der Waals surface area contributed by atoms with E-state index in [0.29, 0.717) is 0 Å². The molecule has 0 aliphatic rings. The molecule has 0 heterocycles. The Morgan fingerprint density at radius 1 is 1.21 bits per heavy atom. The summed E-state index contributed by atoms with van der Waals surface area (Å²) in [6.07, 6.45) is -4.16. The van der Waals surface area contributed by atoms with Crippen molar-refractivity contribution in [3.05, 3.63) is 0 Å². The number of alkyl halides is 3. The highest BCUT2D eigenvalue weighted by Gasteiger charge is 2.35. The number of likely N-dealkylation sites (N-methyl/N-ethyl adjacent to an activating group) is 1. The predicted molar refractivity (Wildman–Crippen MR) is 51.0 cm³/mol. The molecule has 0 rings (SSSR count). The largest absolute Gasteiger partial charge is 0.401 e. The lowest BCUT2D eigenvalue weighted by molar-refractivity contribution is -0.150. The standard InChI is InChI=1S/C9H19F3N2/c1-8(2,3)7(5-13)14(4)6-9(10,11)12/h7H,5-6,13H2,1-4H3. The van der Waals surface area contributed by atoms with E-state index in [-0.39, 0.29) is 18.0 Å². The van der Waals surface area contributed by atoms with Crippen LogP contribution in [0.2, 0.25) is 0 Å². The van der Waals surface area contributed by atoms with Crippen molar-refractivity contribution >= 4 is 0 Å². The summed E-state index contributed by atoms with van der Waals surface area (Å²) in [6, 6.07) is -0.260. The third kappa shape index (κ3) is 4.81. The zero-order valence-electron chi connectivity index (χ0n) is 9.15. The van der Waals surface area contributed by atoms with Crippen LogP contribution in [-0.2, 0) is 0 Å². The molecule has 0 aliphatic carbocycles. The molecule has 0 spiro atoms. The van der Waals surface area contributed by atoms with Gasteiger partial charge in [0.15, 0.2) is 0 Å². The third-order valence-corrected chi connectivity index (χ3v) is 2.18. The molecule has 86 valence electrons. The molecular formula is C9H19F3N2. The van der Waals surface area contributed by atoms with Gasteiger partial charge in [-0.1, -0.05) is 20.8 Å². The second-order valence-corrected chi connectivity index (χ2v) is 4.65. The molecule has 0 aromatic heterocycles. The lowest BCUT2D eigenvalue weighted by Gasteiger charge is -2.37. The van der Waals surface area contributed by atoms with Crippen LogP contribution < -0.4 is 5.73 Å². The number of nitrogens with two attached hydrogens (primary N) is 1. The van der Waals surface area contributed by atoms with E-state index in [9.17, 15) is 13.2 Å². The quantitative estimate of drug-likeness (QED) is 0.773. The predicted octanol–water partition coefficient (Wildman–Crippen LogP) is 1.85. The number of hydrogen-bond donors (Lipinski definition) is 1. The minimum atomic E-state index is -4.16. The van der Waals surface area contributed by atoms with E-state index in [0.717, 1.165) is 0 Å². The van der Waals surface area contributed by atoms with Gasteiger partial charge in [-0.05, 0) is 12.5 Å². The maximum atomic E-state index is 12.1. The highest BCUT2D eigenvalue weighted by atomic mass is 19.4. The van der Waals surface area contributed by atoms with E-state index >= 15 is 0 Å². The van der Waals surface area contributed by atoms with Gasteiger partial charge in [0.05, 0.1) is 6.54 Å². The van der Waals surface area contributed by atoms with Crippen LogP contribution in [0.1, 0.15) is 20.8 Å². The first-order valence-electron chi connectivity index (χ1n) is 4.55. The molecule has 0 bridgehead atoms. The normalized spacial score (nSPS) is 16.1. The van der Waals surface area contributed by atoms with Crippen LogP contribution in [0, 0.1) is 5.41 Å². The monoisotopic (exact) mass is 212 g/mol. The molecule has 0 aromatic carbocycles. The van der Waals surface area contributed by atoms with E-state index in [4.69, 9.17) is 5.73 Å². The van der Waals surface area contributed by atoms with Crippen LogP contribution in [0.5, 0.6) is 0 Å². The van der Waals surface area contributed by atoms with Crippen LogP contribution in [0.4, 0.5) is 13.2 Å². The molecule has 1 unspecified atom stereocenters. The van der Waals surface area contributed by atoms with Gasteiger partial charge in [-0.15, -0.1) is 0 Å². The first-order chi connectivity index (χ1) is 6.08. The Hall–Kier alpha value is -0.290. The fraction of sp³-hybridized carbons (Fsp3) is 1.00. The maximum Gasteiger partial charge on any atom is 0.401 e. The molecule has 2 nitrogen and oxygen atoms in total. The highest BCUT2D eigenvalue weighted by Crippen LogP contribution is 2.25. The summed E-state index contributed by atoms with van der Waals surface area (Å²) in [4.78, 5) is 1.26. The fourth-order valence-electron chi connectivity index (χ4n) is 1.59. The molecule has 0 radical (unpaired) electrons. The number of hydrogen-bond acceptors (Lipinski definition) is 2. The van der Waals surface area contributed by atoms with E-state index < -0.39 is 12.7 Å². The Kier molecular flexibility index (Phi) is 4.39. The van der Waals surface area contributed by atoms with Gasteiger partial charge in [0.1, 0.15) is 0 Å². The topological polar surface area (TPSA) is 29.3 Å². The van der Waals surface area contributed by atoms with E-state index in [1.165, 1.54) is 11.9 Å². The highest BCUT2D eigenvalue weighted by molar-refractivity contribution is 4.83. The second kappa shape index (κ2) is 4.49. The Morgan fingerprint density at radius 3 is 1.86 bits per heavy atom. The van der Waals surface area contributed by atoms with Gasteiger partial charge < -0.3 is 5.73 Å². The van der Waals surface area contributed by atoms with Gasteiger partial charge in [-0.3, -0.25) is 4.90 Å². The molecular weight excluding hydrogens is 193 g/mol. The lowest BCUT2D eigenvalue weighted by Crippen LogP contribution is -2.49. The minimum absolute atomic E-state index is 0.232. The molecule has 14 heavy (non-hydrogen) atoms. The third-order valence-electron chi connectivity index (χ3n) is 2.18. The van der Waals surface area contributed by atoms with Crippen molar-refractivity contribution in [2.45, 2.75) is 33.0 Å². The van der Waals surface area contributed by atoms with Crippen LogP contribution in [0.25, 0.3) is 0 Å². The Bertz CT molecular complexity index is 172.